The maximum absolute atomic E-state index is 13.4. The summed E-state index contributed by atoms with van der Waals surface area (Å²) in [6, 6.07) is 6.48. The number of nitrogens with zero attached hydrogens (tertiary/aromatic N) is 1. The number of benzene rings is 1. The summed E-state index contributed by atoms with van der Waals surface area (Å²) in [7, 11) is 0. The average molecular weight is 237 g/mol. The highest BCUT2D eigenvalue weighted by atomic mass is 19.1. The Balaban J connectivity index is 1.84. The van der Waals surface area contributed by atoms with Crippen molar-refractivity contribution in [2.75, 3.05) is 19.6 Å². The van der Waals surface area contributed by atoms with Crippen LogP contribution in [-0.4, -0.2) is 29.6 Å². The molecular weight excluding hydrogens is 217 g/mol. The SMILES string of the molecule is OC(CCN1CCCCC1)c1ccccc1F. The predicted molar refractivity (Wildman–Crippen MR) is 66.3 cm³/mol. The molecule has 94 valence electrons. The van der Waals surface area contributed by atoms with Crippen LogP contribution >= 0.6 is 0 Å². The van der Waals surface area contributed by atoms with Gasteiger partial charge in [0.25, 0.3) is 0 Å². The maximum Gasteiger partial charge on any atom is 0.128 e. The smallest absolute Gasteiger partial charge is 0.128 e. The zero-order valence-electron chi connectivity index (χ0n) is 10.1. The highest BCUT2D eigenvalue weighted by Crippen LogP contribution is 2.20. The van der Waals surface area contributed by atoms with E-state index < -0.39 is 6.10 Å². The Morgan fingerprint density at radius 3 is 2.59 bits per heavy atom. The van der Waals surface area contributed by atoms with Gasteiger partial charge in [-0.2, -0.15) is 0 Å². The lowest BCUT2D eigenvalue weighted by molar-refractivity contribution is 0.131. The van der Waals surface area contributed by atoms with Crippen LogP contribution in [0.3, 0.4) is 0 Å². The minimum Gasteiger partial charge on any atom is -0.388 e. The highest BCUT2D eigenvalue weighted by Gasteiger charge is 2.15. The third kappa shape index (κ3) is 3.51. The highest BCUT2D eigenvalue weighted by molar-refractivity contribution is 5.19. The lowest BCUT2D eigenvalue weighted by Gasteiger charge is -2.27. The summed E-state index contributed by atoms with van der Waals surface area (Å²) in [6.45, 7) is 3.09. The van der Waals surface area contributed by atoms with Gasteiger partial charge in [-0.1, -0.05) is 24.6 Å². The van der Waals surface area contributed by atoms with Gasteiger partial charge in [0.05, 0.1) is 6.10 Å². The van der Waals surface area contributed by atoms with E-state index in [0.717, 1.165) is 19.6 Å². The molecular formula is C14H20FNO. The molecule has 1 atom stereocenters. The third-order valence-corrected chi connectivity index (χ3v) is 3.43. The first-order valence-electron chi connectivity index (χ1n) is 6.42. The summed E-state index contributed by atoms with van der Waals surface area (Å²) in [5.74, 6) is -0.307. The number of aliphatic hydroxyl groups is 1. The van der Waals surface area contributed by atoms with E-state index in [-0.39, 0.29) is 5.82 Å². The molecule has 1 heterocycles. The normalized spacial score (nSPS) is 19.2. The van der Waals surface area contributed by atoms with Crippen molar-refractivity contribution in [2.45, 2.75) is 31.8 Å². The Bertz CT molecular complexity index is 350. The molecule has 1 aliphatic rings. The molecule has 1 unspecified atom stereocenters. The first-order chi connectivity index (χ1) is 8.27. The van der Waals surface area contributed by atoms with E-state index in [4.69, 9.17) is 0 Å². The fraction of sp³-hybridized carbons (Fsp3) is 0.571. The zero-order chi connectivity index (χ0) is 12.1. The fourth-order valence-corrected chi connectivity index (χ4v) is 2.39. The van der Waals surface area contributed by atoms with E-state index in [2.05, 4.69) is 4.90 Å². The van der Waals surface area contributed by atoms with Crippen LogP contribution in [0.15, 0.2) is 24.3 Å². The molecule has 1 aromatic carbocycles. The van der Waals surface area contributed by atoms with E-state index in [1.54, 1.807) is 18.2 Å². The van der Waals surface area contributed by atoms with Crippen molar-refractivity contribution in [3.05, 3.63) is 35.6 Å². The number of likely N-dealkylation sites (tertiary alicyclic amines) is 1. The number of rotatable bonds is 4. The van der Waals surface area contributed by atoms with Crippen molar-refractivity contribution in [3.63, 3.8) is 0 Å². The summed E-state index contributed by atoms with van der Waals surface area (Å²) in [5.41, 5.74) is 0.421. The van der Waals surface area contributed by atoms with Crippen molar-refractivity contribution >= 4 is 0 Å². The van der Waals surface area contributed by atoms with Crippen LogP contribution in [0, 0.1) is 5.82 Å². The molecule has 0 aliphatic carbocycles. The van der Waals surface area contributed by atoms with E-state index in [1.165, 1.54) is 25.3 Å². The Hall–Kier alpha value is -0.930. The first kappa shape index (κ1) is 12.5. The molecule has 3 heteroatoms. The van der Waals surface area contributed by atoms with Crippen molar-refractivity contribution in [3.8, 4) is 0 Å². The van der Waals surface area contributed by atoms with Crippen molar-refractivity contribution in [1.82, 2.24) is 4.90 Å². The third-order valence-electron chi connectivity index (χ3n) is 3.43. The Morgan fingerprint density at radius 2 is 1.88 bits per heavy atom. The maximum atomic E-state index is 13.4. The molecule has 2 rings (SSSR count). The van der Waals surface area contributed by atoms with E-state index in [1.807, 2.05) is 0 Å². The molecule has 1 fully saturated rings. The summed E-state index contributed by atoms with van der Waals surface area (Å²) in [6.07, 6.45) is 3.73. The van der Waals surface area contributed by atoms with Crippen LogP contribution in [-0.2, 0) is 0 Å². The molecule has 1 saturated heterocycles. The molecule has 1 aromatic rings. The topological polar surface area (TPSA) is 23.5 Å². The van der Waals surface area contributed by atoms with Gasteiger partial charge >= 0.3 is 0 Å². The van der Waals surface area contributed by atoms with Gasteiger partial charge in [0, 0.05) is 12.1 Å². The summed E-state index contributed by atoms with van der Waals surface area (Å²) in [4.78, 5) is 2.35. The second kappa shape index (κ2) is 6.12. The Morgan fingerprint density at radius 1 is 1.18 bits per heavy atom. The van der Waals surface area contributed by atoms with Crippen LogP contribution in [0.5, 0.6) is 0 Å². The van der Waals surface area contributed by atoms with Gasteiger partial charge in [-0.15, -0.1) is 0 Å². The molecule has 0 amide bonds. The lowest BCUT2D eigenvalue weighted by Crippen LogP contribution is -2.31. The van der Waals surface area contributed by atoms with E-state index >= 15 is 0 Å². The monoisotopic (exact) mass is 237 g/mol. The summed E-state index contributed by atoms with van der Waals surface area (Å²) in [5, 5.41) is 9.97. The second-order valence-electron chi connectivity index (χ2n) is 4.73. The number of aliphatic hydroxyl groups excluding tert-OH is 1. The molecule has 0 spiro atoms. The van der Waals surface area contributed by atoms with Crippen LogP contribution in [0.4, 0.5) is 4.39 Å². The van der Waals surface area contributed by atoms with Gasteiger partial charge in [-0.05, 0) is 38.4 Å². The molecule has 0 radical (unpaired) electrons. The van der Waals surface area contributed by atoms with Gasteiger partial charge in [-0.3, -0.25) is 0 Å². The molecule has 0 aromatic heterocycles. The van der Waals surface area contributed by atoms with Crippen LogP contribution in [0.25, 0.3) is 0 Å². The Labute approximate surface area is 102 Å². The van der Waals surface area contributed by atoms with Crippen LogP contribution in [0.2, 0.25) is 0 Å². The molecule has 0 bridgehead atoms. The summed E-state index contributed by atoms with van der Waals surface area (Å²) < 4.78 is 13.4. The standard InChI is InChI=1S/C14H20FNO/c15-13-7-3-2-6-12(13)14(17)8-11-16-9-4-1-5-10-16/h2-3,6-7,14,17H,1,4-5,8-11H2. The van der Waals surface area contributed by atoms with E-state index in [0.29, 0.717) is 12.0 Å². The number of halogens is 1. The Kier molecular flexibility index (Phi) is 4.51. The molecule has 2 nitrogen and oxygen atoms in total. The van der Waals surface area contributed by atoms with Crippen molar-refractivity contribution in [2.24, 2.45) is 0 Å². The van der Waals surface area contributed by atoms with E-state index in [9.17, 15) is 9.50 Å². The quantitative estimate of drug-likeness (QED) is 0.870. The molecule has 1 aliphatic heterocycles. The summed E-state index contributed by atoms with van der Waals surface area (Å²) >= 11 is 0. The number of piperidine rings is 1. The van der Waals surface area contributed by atoms with Gasteiger partial charge in [0.2, 0.25) is 0 Å². The lowest BCUT2D eigenvalue weighted by atomic mass is 10.0. The minimum atomic E-state index is -0.682. The van der Waals surface area contributed by atoms with Gasteiger partial charge in [-0.25, -0.2) is 4.39 Å². The molecule has 0 saturated carbocycles. The van der Waals surface area contributed by atoms with Crippen LogP contribution < -0.4 is 0 Å². The zero-order valence-corrected chi connectivity index (χ0v) is 10.1. The molecule has 17 heavy (non-hydrogen) atoms. The minimum absolute atomic E-state index is 0.307. The van der Waals surface area contributed by atoms with Crippen molar-refractivity contribution < 1.29 is 9.50 Å². The number of hydrogen-bond donors (Lipinski definition) is 1. The largest absolute Gasteiger partial charge is 0.388 e. The van der Waals surface area contributed by atoms with Crippen LogP contribution in [0.1, 0.15) is 37.4 Å². The average Bonchev–Trinajstić information content (AvgIpc) is 2.38. The van der Waals surface area contributed by atoms with Crippen molar-refractivity contribution in [1.29, 1.82) is 0 Å². The van der Waals surface area contributed by atoms with Gasteiger partial charge < -0.3 is 10.0 Å². The number of hydrogen-bond acceptors (Lipinski definition) is 2. The van der Waals surface area contributed by atoms with Gasteiger partial charge in [0.15, 0.2) is 0 Å². The predicted octanol–water partition coefficient (Wildman–Crippen LogP) is 2.74. The fourth-order valence-electron chi connectivity index (χ4n) is 2.39. The van der Waals surface area contributed by atoms with Gasteiger partial charge in [0.1, 0.15) is 5.82 Å². The second-order valence-corrected chi connectivity index (χ2v) is 4.73. The first-order valence-corrected chi connectivity index (χ1v) is 6.42. The molecule has 1 N–H and O–H groups in total.